The van der Waals surface area contributed by atoms with E-state index in [1.165, 1.54) is 12.1 Å². The van der Waals surface area contributed by atoms with Crippen LogP contribution in [0.4, 0.5) is 5.69 Å². The molecule has 2 aromatic carbocycles. The van der Waals surface area contributed by atoms with Gasteiger partial charge in [0.05, 0.1) is 17.3 Å². The van der Waals surface area contributed by atoms with E-state index in [4.69, 9.17) is 21.1 Å². The zero-order valence-corrected chi connectivity index (χ0v) is 14.9. The molecule has 24 heavy (non-hydrogen) atoms. The van der Waals surface area contributed by atoms with Gasteiger partial charge in [-0.05, 0) is 32.0 Å². The lowest BCUT2D eigenvalue weighted by Gasteiger charge is -2.15. The fraction of sp³-hybridized carbons (Fsp3) is 0.294. The Morgan fingerprint density at radius 1 is 1.33 bits per heavy atom. The van der Waals surface area contributed by atoms with Crippen LogP contribution >= 0.6 is 11.6 Å². The second kappa shape index (κ2) is 6.53. The van der Waals surface area contributed by atoms with E-state index in [0.717, 1.165) is 12.0 Å². The number of halogens is 1. The van der Waals surface area contributed by atoms with Crippen LogP contribution in [0.15, 0.2) is 41.3 Å². The predicted molar refractivity (Wildman–Crippen MR) is 93.7 cm³/mol. The zero-order chi connectivity index (χ0) is 17.3. The van der Waals surface area contributed by atoms with E-state index in [1.807, 2.05) is 19.9 Å². The van der Waals surface area contributed by atoms with E-state index in [-0.39, 0.29) is 16.0 Å². The molecule has 0 aromatic heterocycles. The van der Waals surface area contributed by atoms with E-state index in [2.05, 4.69) is 4.72 Å². The van der Waals surface area contributed by atoms with Gasteiger partial charge in [0.2, 0.25) is 0 Å². The van der Waals surface area contributed by atoms with Crippen molar-refractivity contribution in [1.82, 2.24) is 0 Å². The minimum atomic E-state index is -3.83. The Kier molecular flexibility index (Phi) is 4.60. The summed E-state index contributed by atoms with van der Waals surface area (Å²) in [5.41, 5.74) is 1.34. The molecule has 0 bridgehead atoms. The van der Waals surface area contributed by atoms with Gasteiger partial charge in [-0.1, -0.05) is 23.7 Å². The van der Waals surface area contributed by atoms with Gasteiger partial charge in [0, 0.05) is 18.1 Å². The topological polar surface area (TPSA) is 64.6 Å². The van der Waals surface area contributed by atoms with Crippen LogP contribution in [0, 0.1) is 0 Å². The van der Waals surface area contributed by atoms with Crippen LogP contribution in [0.25, 0.3) is 0 Å². The van der Waals surface area contributed by atoms with E-state index < -0.39 is 10.0 Å². The summed E-state index contributed by atoms with van der Waals surface area (Å²) in [6, 6.07) is 9.78. The van der Waals surface area contributed by atoms with Crippen LogP contribution < -0.4 is 14.2 Å². The average Bonchev–Trinajstić information content (AvgIpc) is 2.86. The van der Waals surface area contributed by atoms with Gasteiger partial charge in [-0.15, -0.1) is 0 Å². The molecule has 1 aliphatic heterocycles. The molecule has 1 N–H and O–H groups in total. The molecular weight excluding hydrogens is 350 g/mol. The summed E-state index contributed by atoms with van der Waals surface area (Å²) < 4.78 is 39.2. The number of ether oxygens (including phenoxy) is 2. The number of benzene rings is 2. The Labute approximate surface area is 146 Å². The first-order chi connectivity index (χ1) is 11.4. The molecule has 2 aromatic rings. The molecule has 0 fully saturated rings. The summed E-state index contributed by atoms with van der Waals surface area (Å²) in [6.45, 7) is 4.24. The minimum absolute atomic E-state index is 0.0175. The molecule has 0 saturated heterocycles. The van der Waals surface area contributed by atoms with Crippen molar-refractivity contribution in [2.75, 3.05) is 11.3 Å². The Morgan fingerprint density at radius 2 is 2.08 bits per heavy atom. The van der Waals surface area contributed by atoms with Crippen molar-refractivity contribution in [3.8, 4) is 11.5 Å². The van der Waals surface area contributed by atoms with E-state index in [0.29, 0.717) is 23.8 Å². The molecule has 3 rings (SSSR count). The molecule has 0 amide bonds. The third kappa shape index (κ3) is 3.30. The standard InChI is InChI=1S/C17H18ClNO4S/c1-3-22-16-9-12-8-11(2)23-15(12)10-14(16)19-24(20,21)17-7-5-4-6-13(17)18/h4-7,9-11,19H,3,8H2,1-2H3/t11-/m1/s1. The third-order valence-electron chi connectivity index (χ3n) is 3.67. The van der Waals surface area contributed by atoms with Crippen LogP contribution in [0.1, 0.15) is 19.4 Å². The van der Waals surface area contributed by atoms with Gasteiger partial charge in [0.1, 0.15) is 22.5 Å². The van der Waals surface area contributed by atoms with Crippen LogP contribution in [-0.4, -0.2) is 21.1 Å². The largest absolute Gasteiger partial charge is 0.492 e. The van der Waals surface area contributed by atoms with E-state index >= 15 is 0 Å². The Bertz CT molecular complexity index is 867. The van der Waals surface area contributed by atoms with Gasteiger partial charge in [0.15, 0.2) is 0 Å². The first-order valence-electron chi connectivity index (χ1n) is 7.64. The quantitative estimate of drug-likeness (QED) is 0.871. The monoisotopic (exact) mass is 367 g/mol. The van der Waals surface area contributed by atoms with Crippen molar-refractivity contribution < 1.29 is 17.9 Å². The number of rotatable bonds is 5. The number of hydrogen-bond donors (Lipinski definition) is 1. The molecule has 1 aliphatic rings. The lowest BCUT2D eigenvalue weighted by molar-refractivity contribution is 0.254. The van der Waals surface area contributed by atoms with Crippen molar-refractivity contribution in [3.63, 3.8) is 0 Å². The van der Waals surface area contributed by atoms with Crippen molar-refractivity contribution in [2.45, 2.75) is 31.3 Å². The molecule has 5 nitrogen and oxygen atoms in total. The van der Waals surface area contributed by atoms with Crippen molar-refractivity contribution in [2.24, 2.45) is 0 Å². The van der Waals surface area contributed by atoms with Crippen LogP contribution in [0.5, 0.6) is 11.5 Å². The molecule has 128 valence electrons. The first kappa shape index (κ1) is 16.9. The lowest BCUT2D eigenvalue weighted by Crippen LogP contribution is -2.14. The second-order valence-electron chi connectivity index (χ2n) is 5.56. The van der Waals surface area contributed by atoms with Gasteiger partial charge >= 0.3 is 0 Å². The fourth-order valence-corrected chi connectivity index (χ4v) is 4.24. The predicted octanol–water partition coefficient (Wildman–Crippen LogP) is 3.86. The molecule has 0 unspecified atom stereocenters. The highest BCUT2D eigenvalue weighted by Gasteiger charge is 2.25. The van der Waals surface area contributed by atoms with Crippen molar-refractivity contribution in [3.05, 3.63) is 47.0 Å². The van der Waals surface area contributed by atoms with Gasteiger partial charge in [-0.3, -0.25) is 4.72 Å². The maximum atomic E-state index is 12.7. The number of anilines is 1. The summed E-state index contributed by atoms with van der Waals surface area (Å²) in [5.74, 6) is 1.15. The molecule has 1 heterocycles. The molecule has 1 atom stereocenters. The number of nitrogens with one attached hydrogen (secondary N) is 1. The molecule has 0 spiro atoms. The first-order valence-corrected chi connectivity index (χ1v) is 9.50. The highest BCUT2D eigenvalue weighted by molar-refractivity contribution is 7.92. The van der Waals surface area contributed by atoms with E-state index in [1.54, 1.807) is 18.2 Å². The second-order valence-corrected chi connectivity index (χ2v) is 7.62. The smallest absolute Gasteiger partial charge is 0.263 e. The lowest BCUT2D eigenvalue weighted by atomic mass is 10.1. The normalized spacial score (nSPS) is 16.4. The van der Waals surface area contributed by atoms with Gasteiger partial charge < -0.3 is 9.47 Å². The summed E-state index contributed by atoms with van der Waals surface area (Å²) >= 11 is 6.01. The Hall–Kier alpha value is -1.92. The number of hydrogen-bond acceptors (Lipinski definition) is 4. The summed E-state index contributed by atoms with van der Waals surface area (Å²) in [7, 11) is -3.83. The third-order valence-corrected chi connectivity index (χ3v) is 5.53. The van der Waals surface area contributed by atoms with E-state index in [9.17, 15) is 8.42 Å². The van der Waals surface area contributed by atoms with Crippen LogP contribution in [-0.2, 0) is 16.4 Å². The molecule has 0 saturated carbocycles. The fourth-order valence-electron chi connectivity index (χ4n) is 2.66. The van der Waals surface area contributed by atoms with Crippen molar-refractivity contribution in [1.29, 1.82) is 0 Å². The highest BCUT2D eigenvalue weighted by Crippen LogP contribution is 2.39. The SMILES string of the molecule is CCOc1cc2c(cc1NS(=O)(=O)c1ccccc1Cl)O[C@H](C)C2. The molecule has 0 aliphatic carbocycles. The van der Waals surface area contributed by atoms with Crippen LogP contribution in [0.2, 0.25) is 5.02 Å². The maximum Gasteiger partial charge on any atom is 0.263 e. The van der Waals surface area contributed by atoms with Crippen LogP contribution in [0.3, 0.4) is 0 Å². The summed E-state index contributed by atoms with van der Waals surface area (Å²) in [6.07, 6.45) is 0.831. The van der Waals surface area contributed by atoms with Gasteiger partial charge in [-0.2, -0.15) is 0 Å². The zero-order valence-electron chi connectivity index (χ0n) is 13.4. The van der Waals surface area contributed by atoms with Gasteiger partial charge in [-0.25, -0.2) is 8.42 Å². The summed E-state index contributed by atoms with van der Waals surface area (Å²) in [4.78, 5) is 0.0175. The van der Waals surface area contributed by atoms with Crippen molar-refractivity contribution >= 4 is 27.3 Å². The summed E-state index contributed by atoms with van der Waals surface area (Å²) in [5, 5.41) is 0.161. The molecule has 0 radical (unpaired) electrons. The number of sulfonamides is 1. The van der Waals surface area contributed by atoms with Gasteiger partial charge in [0.25, 0.3) is 10.0 Å². The molecular formula is C17H18ClNO4S. The highest BCUT2D eigenvalue weighted by atomic mass is 35.5. The Balaban J connectivity index is 2.00. The minimum Gasteiger partial charge on any atom is -0.492 e. The number of fused-ring (bicyclic) bond motifs is 1. The Morgan fingerprint density at radius 3 is 2.79 bits per heavy atom. The maximum absolute atomic E-state index is 12.7. The average molecular weight is 368 g/mol. The molecule has 7 heteroatoms.